The van der Waals surface area contributed by atoms with E-state index in [9.17, 15) is 8.78 Å². The van der Waals surface area contributed by atoms with Crippen molar-refractivity contribution in [3.05, 3.63) is 71.4 Å². The molecule has 2 aromatic rings. The molecular weight excluding hydrogens is 388 g/mol. The Morgan fingerprint density at radius 2 is 1.58 bits per heavy atom. The fourth-order valence-corrected chi connectivity index (χ4v) is 3.83. The Morgan fingerprint density at radius 1 is 0.903 bits per heavy atom. The molecule has 0 atom stereocenters. The molecule has 0 heterocycles. The lowest BCUT2D eigenvalue weighted by molar-refractivity contribution is 0.0180. The molecule has 2 rings (SSSR count). The molecule has 31 heavy (non-hydrogen) atoms. The topological polar surface area (TPSA) is 12.0 Å². The van der Waals surface area contributed by atoms with Gasteiger partial charge < -0.3 is 5.32 Å². The van der Waals surface area contributed by atoms with Crippen molar-refractivity contribution < 1.29 is 8.78 Å². The number of unbranched alkanes of at least 4 members (excludes halogenated alkanes) is 4. The van der Waals surface area contributed by atoms with Gasteiger partial charge in [0.2, 0.25) is 0 Å². The maximum absolute atomic E-state index is 14.4. The van der Waals surface area contributed by atoms with Crippen molar-refractivity contribution in [3.8, 4) is 11.1 Å². The van der Waals surface area contributed by atoms with E-state index in [0.29, 0.717) is 5.56 Å². The minimum Gasteiger partial charge on any atom is -0.389 e. The van der Waals surface area contributed by atoms with Crippen molar-refractivity contribution in [2.75, 3.05) is 6.54 Å². The summed E-state index contributed by atoms with van der Waals surface area (Å²) in [7, 11) is 0. The molecule has 0 aromatic heterocycles. The van der Waals surface area contributed by atoms with E-state index in [1.54, 1.807) is 6.07 Å². The Bertz CT molecular complexity index is 803. The molecule has 0 bridgehead atoms. The highest BCUT2D eigenvalue weighted by Crippen LogP contribution is 2.36. The van der Waals surface area contributed by atoms with Crippen molar-refractivity contribution >= 4 is 0 Å². The lowest BCUT2D eigenvalue weighted by atomic mass is 9.92. The van der Waals surface area contributed by atoms with Crippen LogP contribution in [0.1, 0.15) is 82.4 Å². The highest BCUT2D eigenvalue weighted by Gasteiger charge is 2.28. The Morgan fingerprint density at radius 3 is 2.23 bits per heavy atom. The van der Waals surface area contributed by atoms with Gasteiger partial charge in [0.1, 0.15) is 0 Å². The van der Waals surface area contributed by atoms with E-state index < -0.39 is 5.92 Å². The molecule has 0 saturated heterocycles. The quantitative estimate of drug-likeness (QED) is 0.298. The molecule has 0 aliphatic rings. The second-order valence-corrected chi connectivity index (χ2v) is 8.62. The number of allylic oxidation sites excluding steroid dienone is 1. The first-order chi connectivity index (χ1) is 14.8. The fraction of sp³-hybridized carbons (Fsp3) is 0.500. The van der Waals surface area contributed by atoms with E-state index in [1.807, 2.05) is 36.4 Å². The van der Waals surface area contributed by atoms with Gasteiger partial charge in [0.25, 0.3) is 5.92 Å². The van der Waals surface area contributed by atoms with Crippen molar-refractivity contribution in [1.82, 2.24) is 5.32 Å². The number of alkyl halides is 2. The third-order valence-corrected chi connectivity index (χ3v) is 5.83. The molecule has 0 aliphatic heterocycles. The molecule has 0 aliphatic carbocycles. The number of halogens is 2. The van der Waals surface area contributed by atoms with Crippen molar-refractivity contribution in [1.29, 1.82) is 0 Å². The molecular formula is C28H39F2N. The van der Waals surface area contributed by atoms with Crippen LogP contribution < -0.4 is 5.32 Å². The zero-order valence-corrected chi connectivity index (χ0v) is 19.6. The van der Waals surface area contributed by atoms with E-state index in [0.717, 1.165) is 75.2 Å². The highest BCUT2D eigenvalue weighted by molar-refractivity contribution is 5.69. The van der Waals surface area contributed by atoms with E-state index in [4.69, 9.17) is 0 Å². The Hall–Kier alpha value is -2.16. The number of aryl methyl sites for hydroxylation is 2. The first kappa shape index (κ1) is 25.1. The Kier molecular flexibility index (Phi) is 10.2. The van der Waals surface area contributed by atoms with Crippen molar-refractivity contribution in [2.24, 2.45) is 0 Å². The van der Waals surface area contributed by atoms with Crippen LogP contribution in [0.5, 0.6) is 0 Å². The van der Waals surface area contributed by atoms with Crippen LogP contribution in [0.4, 0.5) is 8.78 Å². The second-order valence-electron chi connectivity index (χ2n) is 8.62. The van der Waals surface area contributed by atoms with E-state index in [1.165, 1.54) is 18.4 Å². The summed E-state index contributed by atoms with van der Waals surface area (Å²) in [4.78, 5) is 0. The maximum atomic E-state index is 14.4. The van der Waals surface area contributed by atoms with Crippen molar-refractivity contribution in [2.45, 2.75) is 84.5 Å². The van der Waals surface area contributed by atoms with Crippen LogP contribution in [0, 0.1) is 0 Å². The molecule has 1 N–H and O–H groups in total. The number of hydrogen-bond acceptors (Lipinski definition) is 1. The van der Waals surface area contributed by atoms with Crippen LogP contribution in [0.25, 0.3) is 11.1 Å². The Labute approximate surface area is 188 Å². The predicted octanol–water partition coefficient (Wildman–Crippen LogP) is 8.42. The molecule has 0 spiro atoms. The standard InChI is InChI=1S/C28H39F2N/c1-5-7-12-22(3)31-20-11-9-8-10-13-24-16-19-26(27(21-24)28(4,29)30)25-17-14-23(6-2)15-18-25/h14-19,21,31H,3,5-13,20H2,1-2,4H3. The summed E-state index contributed by atoms with van der Waals surface area (Å²) in [6.45, 7) is 10.3. The summed E-state index contributed by atoms with van der Waals surface area (Å²) in [5.74, 6) is -2.86. The number of nitrogens with one attached hydrogen (secondary N) is 1. The summed E-state index contributed by atoms with van der Waals surface area (Å²) in [6.07, 6.45) is 9.63. The summed E-state index contributed by atoms with van der Waals surface area (Å²) in [6, 6.07) is 13.5. The summed E-state index contributed by atoms with van der Waals surface area (Å²) in [5, 5.41) is 3.40. The summed E-state index contributed by atoms with van der Waals surface area (Å²) < 4.78 is 28.8. The maximum Gasteiger partial charge on any atom is 0.271 e. The van der Waals surface area contributed by atoms with Crippen LogP contribution in [0.15, 0.2) is 54.7 Å². The lowest BCUT2D eigenvalue weighted by Crippen LogP contribution is -2.13. The van der Waals surface area contributed by atoms with Crippen LogP contribution in [-0.2, 0) is 18.8 Å². The largest absolute Gasteiger partial charge is 0.389 e. The van der Waals surface area contributed by atoms with E-state index in [2.05, 4.69) is 25.7 Å². The molecule has 0 radical (unpaired) electrons. The SMILES string of the molecule is C=C(CCCC)NCCCCCCc1ccc(-c2ccc(CC)cc2)c(C(C)(F)F)c1. The number of hydrogen-bond donors (Lipinski definition) is 1. The molecule has 170 valence electrons. The van der Waals surface area contributed by atoms with E-state index >= 15 is 0 Å². The zero-order chi connectivity index (χ0) is 22.7. The van der Waals surface area contributed by atoms with E-state index in [-0.39, 0.29) is 5.56 Å². The van der Waals surface area contributed by atoms with Crippen LogP contribution in [0.2, 0.25) is 0 Å². The minimum atomic E-state index is -2.86. The van der Waals surface area contributed by atoms with Gasteiger partial charge in [-0.1, -0.05) is 76.1 Å². The van der Waals surface area contributed by atoms with Crippen LogP contribution in [0.3, 0.4) is 0 Å². The molecule has 0 unspecified atom stereocenters. The van der Waals surface area contributed by atoms with Crippen molar-refractivity contribution in [3.63, 3.8) is 0 Å². The fourth-order valence-electron chi connectivity index (χ4n) is 3.83. The highest BCUT2D eigenvalue weighted by atomic mass is 19.3. The van der Waals surface area contributed by atoms with Crippen LogP contribution >= 0.6 is 0 Å². The van der Waals surface area contributed by atoms with Crippen LogP contribution in [-0.4, -0.2) is 6.54 Å². The molecule has 3 heteroatoms. The summed E-state index contributed by atoms with van der Waals surface area (Å²) in [5.41, 5.74) is 4.96. The smallest absolute Gasteiger partial charge is 0.271 e. The van der Waals surface area contributed by atoms with Gasteiger partial charge in [0.15, 0.2) is 0 Å². The van der Waals surface area contributed by atoms with Gasteiger partial charge in [0.05, 0.1) is 0 Å². The normalized spacial score (nSPS) is 11.5. The third-order valence-electron chi connectivity index (χ3n) is 5.83. The number of rotatable bonds is 14. The van der Waals surface area contributed by atoms with Gasteiger partial charge in [-0.2, -0.15) is 0 Å². The molecule has 0 amide bonds. The van der Waals surface area contributed by atoms with Gasteiger partial charge >= 0.3 is 0 Å². The molecule has 0 saturated carbocycles. The summed E-state index contributed by atoms with van der Waals surface area (Å²) >= 11 is 0. The monoisotopic (exact) mass is 427 g/mol. The first-order valence-corrected chi connectivity index (χ1v) is 11.9. The average Bonchev–Trinajstić information content (AvgIpc) is 2.76. The molecule has 2 aromatic carbocycles. The number of benzene rings is 2. The molecule has 0 fully saturated rings. The first-order valence-electron chi connectivity index (χ1n) is 11.9. The average molecular weight is 428 g/mol. The lowest BCUT2D eigenvalue weighted by Gasteiger charge is -2.18. The van der Waals surface area contributed by atoms with Gasteiger partial charge in [-0.15, -0.1) is 0 Å². The van der Waals surface area contributed by atoms with Gasteiger partial charge in [-0.05, 0) is 66.8 Å². The van der Waals surface area contributed by atoms with Gasteiger partial charge in [-0.25, -0.2) is 8.78 Å². The molecule has 1 nitrogen and oxygen atoms in total. The second kappa shape index (κ2) is 12.6. The van der Waals surface area contributed by atoms with Gasteiger partial charge in [-0.3, -0.25) is 0 Å². The van der Waals surface area contributed by atoms with Gasteiger partial charge in [0, 0.05) is 24.7 Å². The third kappa shape index (κ3) is 8.47. The zero-order valence-electron chi connectivity index (χ0n) is 19.6. The predicted molar refractivity (Wildman–Crippen MR) is 130 cm³/mol. The minimum absolute atomic E-state index is 0.129. The Balaban J connectivity index is 1.88.